The molecule has 172 valence electrons. The lowest BCUT2D eigenvalue weighted by atomic mass is 10.1. The van der Waals surface area contributed by atoms with Crippen molar-refractivity contribution in [2.75, 3.05) is 18.7 Å². The van der Waals surface area contributed by atoms with Gasteiger partial charge in [-0.15, -0.1) is 0 Å². The highest BCUT2D eigenvalue weighted by molar-refractivity contribution is 7.90. The maximum Gasteiger partial charge on any atom is 0.316 e. The summed E-state index contributed by atoms with van der Waals surface area (Å²) >= 11 is 0. The van der Waals surface area contributed by atoms with E-state index in [2.05, 4.69) is 0 Å². The van der Waals surface area contributed by atoms with Crippen LogP contribution in [-0.4, -0.2) is 39.6 Å². The molecule has 1 amide bonds. The van der Waals surface area contributed by atoms with Crippen LogP contribution in [0, 0.1) is 5.82 Å². The van der Waals surface area contributed by atoms with Gasteiger partial charge in [-0.1, -0.05) is 6.92 Å². The highest BCUT2D eigenvalue weighted by atomic mass is 32.2. The minimum absolute atomic E-state index is 0.0179. The molecular weight excluding hydrogens is 447 g/mol. The number of ether oxygens (including phenoxy) is 1. The summed E-state index contributed by atoms with van der Waals surface area (Å²) in [5.74, 6) is -1.25. The number of carbonyl (C=O) groups is 1. The number of amides is 1. The summed E-state index contributed by atoms with van der Waals surface area (Å²) in [5.41, 5.74) is 1.06. The molecule has 0 fully saturated rings. The number of alkyl halides is 2. The van der Waals surface area contributed by atoms with Crippen LogP contribution in [0.1, 0.15) is 25.3 Å². The predicted molar refractivity (Wildman–Crippen MR) is 113 cm³/mol. The fraction of sp³-hybridized carbons (Fsp3) is 0.286. The van der Waals surface area contributed by atoms with E-state index >= 15 is 0 Å². The van der Waals surface area contributed by atoms with E-state index in [0.717, 1.165) is 4.90 Å². The van der Waals surface area contributed by atoms with Crippen LogP contribution in [0.5, 0.6) is 5.75 Å². The van der Waals surface area contributed by atoms with E-state index in [0.29, 0.717) is 23.4 Å². The van der Waals surface area contributed by atoms with E-state index in [1.54, 1.807) is 6.92 Å². The monoisotopic (exact) mass is 469 g/mol. The van der Waals surface area contributed by atoms with Crippen molar-refractivity contribution in [1.82, 2.24) is 9.62 Å². The summed E-state index contributed by atoms with van der Waals surface area (Å²) < 4.78 is 72.5. The van der Waals surface area contributed by atoms with Crippen LogP contribution < -0.4 is 14.4 Å². The molecule has 0 saturated carbocycles. The van der Waals surface area contributed by atoms with Crippen molar-refractivity contribution in [2.24, 2.45) is 0 Å². The minimum atomic E-state index is -4.05. The standard InChI is InChI=1S/C21H22F3N3O4S/c1-3-4-20(28)25-32(29,30)16-8-6-15(7-9-16)27-13-26(21(23)24)12-18(27)14-5-10-19(31-2)17(22)11-14/h5-12,21H,3-4,13H2,1-2H3,(H,25,28). The Morgan fingerprint density at radius 3 is 2.44 bits per heavy atom. The van der Waals surface area contributed by atoms with Gasteiger partial charge in [0.25, 0.3) is 10.0 Å². The highest BCUT2D eigenvalue weighted by Gasteiger charge is 2.29. The maximum atomic E-state index is 14.2. The third kappa shape index (κ3) is 4.98. The molecule has 0 aliphatic carbocycles. The van der Waals surface area contributed by atoms with Crippen molar-refractivity contribution in [1.29, 1.82) is 0 Å². The van der Waals surface area contributed by atoms with Crippen molar-refractivity contribution in [3.05, 3.63) is 60.0 Å². The molecule has 0 radical (unpaired) electrons. The number of hydrogen-bond donors (Lipinski definition) is 1. The molecule has 0 bridgehead atoms. The molecule has 0 aromatic heterocycles. The van der Waals surface area contributed by atoms with Crippen molar-refractivity contribution in [3.8, 4) is 5.75 Å². The highest BCUT2D eigenvalue weighted by Crippen LogP contribution is 2.34. The second-order valence-electron chi connectivity index (χ2n) is 7.00. The summed E-state index contributed by atoms with van der Waals surface area (Å²) in [5, 5.41) is 0. The lowest BCUT2D eigenvalue weighted by molar-refractivity contribution is -0.119. The fourth-order valence-electron chi connectivity index (χ4n) is 3.19. The van der Waals surface area contributed by atoms with Crippen molar-refractivity contribution in [2.45, 2.75) is 31.2 Å². The summed E-state index contributed by atoms with van der Waals surface area (Å²) in [6.07, 6.45) is 1.78. The summed E-state index contributed by atoms with van der Waals surface area (Å²) in [6, 6.07) is 9.52. The first-order valence-corrected chi connectivity index (χ1v) is 11.2. The summed E-state index contributed by atoms with van der Waals surface area (Å²) in [7, 11) is -2.73. The van der Waals surface area contributed by atoms with Gasteiger partial charge in [0, 0.05) is 23.9 Å². The Labute approximate surface area is 184 Å². The molecule has 0 spiro atoms. The van der Waals surface area contributed by atoms with E-state index in [4.69, 9.17) is 4.74 Å². The van der Waals surface area contributed by atoms with E-state index in [1.807, 2.05) is 4.72 Å². The molecule has 7 nitrogen and oxygen atoms in total. The van der Waals surface area contributed by atoms with Crippen molar-refractivity contribution >= 4 is 27.3 Å². The van der Waals surface area contributed by atoms with Gasteiger partial charge in [-0.25, -0.2) is 17.5 Å². The third-order valence-corrected chi connectivity index (χ3v) is 6.16. The van der Waals surface area contributed by atoms with Crippen LogP contribution in [0.2, 0.25) is 0 Å². The van der Waals surface area contributed by atoms with Gasteiger partial charge < -0.3 is 14.5 Å². The van der Waals surface area contributed by atoms with Gasteiger partial charge >= 0.3 is 6.55 Å². The molecule has 1 aliphatic heterocycles. The number of sulfonamides is 1. The molecule has 0 atom stereocenters. The van der Waals surface area contributed by atoms with Gasteiger partial charge in [0.15, 0.2) is 11.6 Å². The Balaban J connectivity index is 1.91. The van der Waals surface area contributed by atoms with E-state index in [1.165, 1.54) is 60.7 Å². The van der Waals surface area contributed by atoms with Crippen molar-refractivity contribution in [3.63, 3.8) is 0 Å². The molecular formula is C21H22F3N3O4S. The SMILES string of the molecule is CCCC(=O)NS(=O)(=O)c1ccc(N2CN(C(F)F)C=C2c2ccc(OC)c(F)c2)cc1. The van der Waals surface area contributed by atoms with E-state index in [-0.39, 0.29) is 23.7 Å². The summed E-state index contributed by atoms with van der Waals surface area (Å²) in [4.78, 5) is 13.8. The predicted octanol–water partition coefficient (Wildman–Crippen LogP) is 3.74. The molecule has 0 unspecified atom stereocenters. The number of carbonyl (C=O) groups excluding carboxylic acids is 1. The average molecular weight is 469 g/mol. The van der Waals surface area contributed by atoms with Crippen LogP contribution in [0.4, 0.5) is 18.9 Å². The first-order chi connectivity index (χ1) is 15.2. The van der Waals surface area contributed by atoms with Gasteiger partial charge in [0.2, 0.25) is 5.91 Å². The maximum absolute atomic E-state index is 14.2. The Hall–Kier alpha value is -3.21. The van der Waals surface area contributed by atoms with Crippen LogP contribution >= 0.6 is 0 Å². The molecule has 2 aromatic rings. The Kier molecular flexibility index (Phi) is 6.97. The molecule has 0 saturated heterocycles. The third-order valence-electron chi connectivity index (χ3n) is 4.77. The molecule has 1 aliphatic rings. The van der Waals surface area contributed by atoms with Gasteiger partial charge in [-0.2, -0.15) is 8.78 Å². The minimum Gasteiger partial charge on any atom is -0.494 e. The molecule has 11 heteroatoms. The van der Waals surface area contributed by atoms with Crippen LogP contribution in [-0.2, 0) is 14.8 Å². The fourth-order valence-corrected chi connectivity index (χ4v) is 4.21. The topological polar surface area (TPSA) is 79.0 Å². The lowest BCUT2D eigenvalue weighted by Gasteiger charge is -2.24. The van der Waals surface area contributed by atoms with Crippen LogP contribution in [0.15, 0.2) is 53.6 Å². The largest absolute Gasteiger partial charge is 0.494 e. The zero-order valence-electron chi connectivity index (χ0n) is 17.4. The number of nitrogens with zero attached hydrogens (tertiary/aromatic N) is 2. The normalized spacial score (nSPS) is 14.0. The van der Waals surface area contributed by atoms with Crippen LogP contribution in [0.3, 0.4) is 0 Å². The Morgan fingerprint density at radius 1 is 1.19 bits per heavy atom. The number of benzene rings is 2. The number of anilines is 1. The number of methoxy groups -OCH3 is 1. The Morgan fingerprint density at radius 2 is 1.88 bits per heavy atom. The number of hydrogen-bond acceptors (Lipinski definition) is 6. The molecule has 32 heavy (non-hydrogen) atoms. The number of rotatable bonds is 8. The van der Waals surface area contributed by atoms with Gasteiger partial charge in [-0.05, 0) is 48.9 Å². The number of nitrogens with one attached hydrogen (secondary N) is 1. The van der Waals surface area contributed by atoms with Crippen LogP contribution in [0.25, 0.3) is 5.70 Å². The van der Waals surface area contributed by atoms with E-state index in [9.17, 15) is 26.4 Å². The second-order valence-corrected chi connectivity index (χ2v) is 8.68. The first-order valence-electron chi connectivity index (χ1n) is 9.69. The Bertz CT molecular complexity index is 1120. The average Bonchev–Trinajstić information content (AvgIpc) is 3.19. The smallest absolute Gasteiger partial charge is 0.316 e. The summed E-state index contributed by atoms with van der Waals surface area (Å²) in [6.45, 7) is -1.26. The van der Waals surface area contributed by atoms with Crippen molar-refractivity contribution < 1.29 is 31.1 Å². The zero-order chi connectivity index (χ0) is 23.5. The van der Waals surface area contributed by atoms with Gasteiger partial charge in [0.1, 0.15) is 0 Å². The quantitative estimate of drug-likeness (QED) is 0.594. The van der Waals surface area contributed by atoms with E-state index < -0.39 is 28.3 Å². The molecule has 2 aromatic carbocycles. The molecule has 1 heterocycles. The first kappa shape index (κ1) is 23.5. The zero-order valence-corrected chi connectivity index (χ0v) is 18.2. The molecule has 3 rings (SSSR count). The molecule has 1 N–H and O–H groups in total. The van der Waals surface area contributed by atoms with Gasteiger partial charge in [-0.3, -0.25) is 4.79 Å². The lowest BCUT2D eigenvalue weighted by Crippen LogP contribution is -2.31. The van der Waals surface area contributed by atoms with Gasteiger partial charge in [0.05, 0.1) is 24.4 Å². The number of halogens is 3. The second kappa shape index (κ2) is 9.51.